The van der Waals surface area contributed by atoms with Gasteiger partial charge in [0.25, 0.3) is 0 Å². The highest BCUT2D eigenvalue weighted by Gasteiger charge is 2.10. The number of methoxy groups -OCH3 is 1. The maximum atomic E-state index is 10.2. The molecule has 2 aromatic rings. The maximum absolute atomic E-state index is 10.2. The van der Waals surface area contributed by atoms with Crippen LogP contribution in [0.5, 0.6) is 5.75 Å². The lowest BCUT2D eigenvalue weighted by atomic mass is 10.1. The van der Waals surface area contributed by atoms with Crippen molar-refractivity contribution in [3.63, 3.8) is 0 Å². The molecule has 0 heterocycles. The van der Waals surface area contributed by atoms with E-state index in [-0.39, 0.29) is 6.04 Å². The largest absolute Gasteiger partial charge is 0.497 e. The summed E-state index contributed by atoms with van der Waals surface area (Å²) in [7, 11) is 1.65. The highest BCUT2D eigenvalue weighted by Crippen LogP contribution is 2.19. The third kappa shape index (κ3) is 4.46. The summed E-state index contributed by atoms with van der Waals surface area (Å²) in [4.78, 5) is 0. The smallest absolute Gasteiger partial charge is 0.118 e. The molecular formula is C17H20ClNO2. The standard InChI is InChI=1S/C17H20ClNO2/c1-12(13-5-9-16(21-2)10-6-13)19-11-17(20)14-3-7-15(18)8-4-14/h3-10,12,17,19-20H,11H2,1-2H3/t12-,17?/m0/s1. The molecule has 0 aromatic heterocycles. The third-order valence-electron chi connectivity index (χ3n) is 3.49. The van der Waals surface area contributed by atoms with Crippen molar-refractivity contribution in [3.8, 4) is 5.75 Å². The number of halogens is 1. The fourth-order valence-corrected chi connectivity index (χ4v) is 2.23. The Kier molecular flexibility index (Phi) is 5.62. The summed E-state index contributed by atoms with van der Waals surface area (Å²) in [6.07, 6.45) is -0.553. The second kappa shape index (κ2) is 7.46. The zero-order valence-electron chi connectivity index (χ0n) is 12.2. The van der Waals surface area contributed by atoms with Gasteiger partial charge < -0.3 is 15.2 Å². The number of rotatable bonds is 6. The van der Waals surface area contributed by atoms with Crippen molar-refractivity contribution in [1.82, 2.24) is 5.32 Å². The van der Waals surface area contributed by atoms with Crippen LogP contribution in [0.4, 0.5) is 0 Å². The van der Waals surface area contributed by atoms with E-state index in [0.29, 0.717) is 11.6 Å². The van der Waals surface area contributed by atoms with Crippen LogP contribution in [0.3, 0.4) is 0 Å². The van der Waals surface area contributed by atoms with E-state index >= 15 is 0 Å². The van der Waals surface area contributed by atoms with Crippen molar-refractivity contribution in [2.45, 2.75) is 19.1 Å². The van der Waals surface area contributed by atoms with E-state index in [2.05, 4.69) is 12.2 Å². The predicted molar refractivity (Wildman–Crippen MR) is 85.8 cm³/mol. The van der Waals surface area contributed by atoms with Crippen LogP contribution in [0, 0.1) is 0 Å². The molecule has 0 aliphatic heterocycles. The number of hydrogen-bond acceptors (Lipinski definition) is 3. The Morgan fingerprint density at radius 3 is 2.19 bits per heavy atom. The molecule has 0 spiro atoms. The molecule has 4 heteroatoms. The second-order valence-corrected chi connectivity index (χ2v) is 5.41. The number of ether oxygens (including phenoxy) is 1. The van der Waals surface area contributed by atoms with Crippen LogP contribution in [-0.4, -0.2) is 18.8 Å². The zero-order valence-corrected chi connectivity index (χ0v) is 13.0. The van der Waals surface area contributed by atoms with E-state index in [1.165, 1.54) is 0 Å². The summed E-state index contributed by atoms with van der Waals surface area (Å²) in [5.74, 6) is 0.840. The zero-order chi connectivity index (χ0) is 15.2. The van der Waals surface area contributed by atoms with Crippen LogP contribution >= 0.6 is 11.6 Å². The Bertz CT molecular complexity index is 554. The molecule has 112 valence electrons. The van der Waals surface area contributed by atoms with Crippen LogP contribution in [0.1, 0.15) is 30.2 Å². The van der Waals surface area contributed by atoms with Gasteiger partial charge >= 0.3 is 0 Å². The summed E-state index contributed by atoms with van der Waals surface area (Å²) in [5.41, 5.74) is 2.01. The molecule has 0 radical (unpaired) electrons. The third-order valence-corrected chi connectivity index (χ3v) is 3.74. The lowest BCUT2D eigenvalue weighted by molar-refractivity contribution is 0.171. The van der Waals surface area contributed by atoms with Gasteiger partial charge in [0, 0.05) is 17.6 Å². The molecule has 2 aromatic carbocycles. The summed E-state index contributed by atoms with van der Waals surface area (Å²) in [6, 6.07) is 15.3. The first kappa shape index (κ1) is 15.8. The van der Waals surface area contributed by atoms with Crippen LogP contribution in [0.15, 0.2) is 48.5 Å². The van der Waals surface area contributed by atoms with Crippen molar-refractivity contribution in [1.29, 1.82) is 0 Å². The number of aliphatic hydroxyl groups excluding tert-OH is 1. The van der Waals surface area contributed by atoms with Gasteiger partial charge in [-0.2, -0.15) is 0 Å². The van der Waals surface area contributed by atoms with Crippen molar-refractivity contribution in [2.75, 3.05) is 13.7 Å². The Morgan fingerprint density at radius 1 is 1.05 bits per heavy atom. The minimum absolute atomic E-state index is 0.151. The Labute approximate surface area is 130 Å². The van der Waals surface area contributed by atoms with E-state index in [9.17, 15) is 5.11 Å². The normalized spacial score (nSPS) is 13.7. The first-order valence-electron chi connectivity index (χ1n) is 6.91. The maximum Gasteiger partial charge on any atom is 0.118 e. The molecule has 0 saturated carbocycles. The van der Waals surface area contributed by atoms with Gasteiger partial charge in [-0.3, -0.25) is 0 Å². The summed E-state index contributed by atoms with van der Waals surface area (Å²) < 4.78 is 5.14. The minimum atomic E-state index is -0.553. The van der Waals surface area contributed by atoms with Gasteiger partial charge in [-0.1, -0.05) is 35.9 Å². The fourth-order valence-electron chi connectivity index (χ4n) is 2.10. The van der Waals surface area contributed by atoms with Gasteiger partial charge in [0.15, 0.2) is 0 Å². The van der Waals surface area contributed by atoms with Crippen LogP contribution in [0.2, 0.25) is 5.02 Å². The topological polar surface area (TPSA) is 41.5 Å². The average Bonchev–Trinajstić information content (AvgIpc) is 2.53. The lowest BCUT2D eigenvalue weighted by Gasteiger charge is -2.18. The van der Waals surface area contributed by atoms with Crippen LogP contribution in [0.25, 0.3) is 0 Å². The van der Waals surface area contributed by atoms with Gasteiger partial charge in [-0.05, 0) is 42.3 Å². The molecule has 3 nitrogen and oxygen atoms in total. The van der Waals surface area contributed by atoms with E-state index in [4.69, 9.17) is 16.3 Å². The molecule has 2 atom stereocenters. The van der Waals surface area contributed by atoms with Crippen molar-refractivity contribution < 1.29 is 9.84 Å². The van der Waals surface area contributed by atoms with Gasteiger partial charge in [0.2, 0.25) is 0 Å². The minimum Gasteiger partial charge on any atom is -0.497 e. The van der Waals surface area contributed by atoms with Gasteiger partial charge in [-0.15, -0.1) is 0 Å². The summed E-state index contributed by atoms with van der Waals surface area (Å²) >= 11 is 5.84. The first-order chi connectivity index (χ1) is 10.1. The molecule has 0 saturated heterocycles. The van der Waals surface area contributed by atoms with Crippen LogP contribution in [-0.2, 0) is 0 Å². The Morgan fingerprint density at radius 2 is 1.62 bits per heavy atom. The molecule has 0 aliphatic rings. The molecule has 2 N–H and O–H groups in total. The van der Waals surface area contributed by atoms with Crippen molar-refractivity contribution in [2.24, 2.45) is 0 Å². The second-order valence-electron chi connectivity index (χ2n) is 4.97. The van der Waals surface area contributed by atoms with E-state index in [1.807, 2.05) is 36.4 Å². The first-order valence-corrected chi connectivity index (χ1v) is 7.29. The molecule has 1 unspecified atom stereocenters. The summed E-state index contributed by atoms with van der Waals surface area (Å²) in [6.45, 7) is 2.55. The average molecular weight is 306 g/mol. The molecule has 21 heavy (non-hydrogen) atoms. The van der Waals surface area contributed by atoms with Gasteiger partial charge in [0.1, 0.15) is 5.75 Å². The number of benzene rings is 2. The monoisotopic (exact) mass is 305 g/mol. The molecule has 0 amide bonds. The molecule has 0 aliphatic carbocycles. The van der Waals surface area contributed by atoms with E-state index in [0.717, 1.165) is 16.9 Å². The van der Waals surface area contributed by atoms with Gasteiger partial charge in [0.05, 0.1) is 13.2 Å². The highest BCUT2D eigenvalue weighted by molar-refractivity contribution is 6.30. The molecule has 2 rings (SSSR count). The van der Waals surface area contributed by atoms with Crippen molar-refractivity contribution in [3.05, 3.63) is 64.7 Å². The quantitative estimate of drug-likeness (QED) is 0.854. The number of aliphatic hydroxyl groups is 1. The lowest BCUT2D eigenvalue weighted by Crippen LogP contribution is -2.24. The molecule has 0 bridgehead atoms. The molecule has 0 fully saturated rings. The van der Waals surface area contributed by atoms with Crippen molar-refractivity contribution >= 4 is 11.6 Å². The summed E-state index contributed by atoms with van der Waals surface area (Å²) in [5, 5.41) is 14.2. The predicted octanol–water partition coefficient (Wildman–Crippen LogP) is 3.73. The van der Waals surface area contributed by atoms with E-state index in [1.54, 1.807) is 19.2 Å². The van der Waals surface area contributed by atoms with Crippen LogP contribution < -0.4 is 10.1 Å². The van der Waals surface area contributed by atoms with Gasteiger partial charge in [-0.25, -0.2) is 0 Å². The number of hydrogen-bond donors (Lipinski definition) is 2. The molecular weight excluding hydrogens is 286 g/mol. The highest BCUT2D eigenvalue weighted by atomic mass is 35.5. The number of nitrogens with one attached hydrogen (secondary N) is 1. The van der Waals surface area contributed by atoms with E-state index < -0.39 is 6.10 Å². The SMILES string of the molecule is COc1ccc([C@H](C)NCC(O)c2ccc(Cl)cc2)cc1. The Hall–Kier alpha value is -1.55. The Balaban J connectivity index is 1.90. The fraction of sp³-hybridized carbons (Fsp3) is 0.294.